The van der Waals surface area contributed by atoms with Gasteiger partial charge in [0.15, 0.2) is 0 Å². The van der Waals surface area contributed by atoms with Crippen molar-refractivity contribution in [1.82, 2.24) is 9.80 Å². The fourth-order valence-corrected chi connectivity index (χ4v) is 5.66. The van der Waals surface area contributed by atoms with Crippen LogP contribution in [0.1, 0.15) is 18.4 Å². The van der Waals surface area contributed by atoms with Crippen LogP contribution < -0.4 is 8.92 Å². The number of hydrogen-bond donors (Lipinski definition) is 0. The van der Waals surface area contributed by atoms with Crippen molar-refractivity contribution in [3.8, 4) is 11.5 Å². The van der Waals surface area contributed by atoms with E-state index in [-0.39, 0.29) is 37.3 Å². The minimum atomic E-state index is -4.53. The summed E-state index contributed by atoms with van der Waals surface area (Å²) in [6.07, 6.45) is -2.29. The number of amides is 3. The van der Waals surface area contributed by atoms with Gasteiger partial charge in [0, 0.05) is 25.2 Å². The van der Waals surface area contributed by atoms with Gasteiger partial charge in [-0.05, 0) is 49.4 Å². The number of nitro groups is 1. The van der Waals surface area contributed by atoms with E-state index in [0.29, 0.717) is 29.1 Å². The molecular weight excluding hydrogens is 628 g/mol. The highest BCUT2D eigenvalue weighted by Gasteiger charge is 2.35. The molecule has 1 aliphatic heterocycles. The fraction of sp³-hybridized carbons (Fsp3) is 0.385. The molecule has 2 aromatic rings. The standard InChI is InChI=1S/C26H29ClN4O12S/c1-16-12-18(14-19(13-16)43-44(37,38)21-7-5-6-20(22(21)27)31(35)36)42-15-17-8-10-29(11-9-17)23(28-24(32)39-2)30(25(33)40-3)26(34)41-4/h5-7,12-14,17H,8-11,15H2,1-4H3/b28-23+. The van der Waals surface area contributed by atoms with Crippen molar-refractivity contribution in [1.29, 1.82) is 0 Å². The second kappa shape index (κ2) is 14.7. The maximum absolute atomic E-state index is 12.9. The van der Waals surface area contributed by atoms with Gasteiger partial charge < -0.3 is 28.0 Å². The first kappa shape index (κ1) is 33.9. The highest BCUT2D eigenvalue weighted by atomic mass is 35.5. The van der Waals surface area contributed by atoms with Gasteiger partial charge in [0.05, 0.1) is 32.9 Å². The second-order valence-corrected chi connectivity index (χ2v) is 11.2. The maximum atomic E-state index is 12.9. The quantitative estimate of drug-likeness (QED) is 0.102. The molecule has 44 heavy (non-hydrogen) atoms. The molecule has 3 rings (SSSR count). The third-order valence-electron chi connectivity index (χ3n) is 6.30. The molecule has 0 spiro atoms. The molecule has 1 saturated heterocycles. The van der Waals surface area contributed by atoms with E-state index in [1.54, 1.807) is 13.0 Å². The van der Waals surface area contributed by atoms with Crippen molar-refractivity contribution in [2.75, 3.05) is 41.0 Å². The number of piperidine rings is 1. The van der Waals surface area contributed by atoms with Crippen LogP contribution in [0.5, 0.6) is 11.5 Å². The lowest BCUT2D eigenvalue weighted by Gasteiger charge is -2.35. The smallest absolute Gasteiger partial charge is 0.436 e. The zero-order chi connectivity index (χ0) is 32.6. The Morgan fingerprint density at radius 1 is 1.05 bits per heavy atom. The Kier molecular flexibility index (Phi) is 11.3. The molecule has 0 aromatic heterocycles. The summed E-state index contributed by atoms with van der Waals surface area (Å²) in [6.45, 7) is 2.43. The SMILES string of the molecule is COC(=O)/N=C(\N1CCC(COc2cc(C)cc(OS(=O)(=O)c3cccc([N+](=O)[O-])c3Cl)c2)CC1)N(C(=O)OC)C(=O)OC. The van der Waals surface area contributed by atoms with E-state index in [9.17, 15) is 32.9 Å². The van der Waals surface area contributed by atoms with E-state index in [1.165, 1.54) is 23.1 Å². The number of imide groups is 1. The van der Waals surface area contributed by atoms with Gasteiger partial charge in [-0.25, -0.2) is 14.4 Å². The Bertz CT molecular complexity index is 1540. The Hall–Kier alpha value is -4.64. The molecule has 0 saturated carbocycles. The number of halogens is 1. The van der Waals surface area contributed by atoms with Crippen LogP contribution in [-0.4, -0.2) is 88.4 Å². The number of carbonyl (C=O) groups is 3. The predicted molar refractivity (Wildman–Crippen MR) is 153 cm³/mol. The molecule has 238 valence electrons. The third-order valence-corrected chi connectivity index (χ3v) is 8.10. The number of carbonyl (C=O) groups excluding carboxylic acids is 3. The molecule has 1 aliphatic rings. The maximum Gasteiger partial charge on any atom is 0.436 e. The molecule has 18 heteroatoms. The second-order valence-electron chi connectivity index (χ2n) is 9.26. The first-order valence-electron chi connectivity index (χ1n) is 12.8. The van der Waals surface area contributed by atoms with Crippen LogP contribution in [0.3, 0.4) is 0 Å². The Morgan fingerprint density at radius 3 is 2.23 bits per heavy atom. The van der Waals surface area contributed by atoms with Gasteiger partial charge in [0.25, 0.3) is 5.69 Å². The molecule has 0 radical (unpaired) electrons. The van der Waals surface area contributed by atoms with Crippen molar-refractivity contribution in [3.63, 3.8) is 0 Å². The number of guanidine groups is 1. The van der Waals surface area contributed by atoms with E-state index in [1.807, 2.05) is 0 Å². The van der Waals surface area contributed by atoms with Gasteiger partial charge >= 0.3 is 28.4 Å². The summed E-state index contributed by atoms with van der Waals surface area (Å²) in [5, 5.41) is 10.6. The fourth-order valence-electron chi connectivity index (χ4n) is 4.17. The number of hydrogen-bond acceptors (Lipinski definition) is 12. The summed E-state index contributed by atoms with van der Waals surface area (Å²) in [5.41, 5.74) is 0.0321. The van der Waals surface area contributed by atoms with Crippen molar-refractivity contribution < 1.29 is 50.9 Å². The highest BCUT2D eigenvalue weighted by molar-refractivity contribution is 7.87. The van der Waals surface area contributed by atoms with Gasteiger partial charge in [-0.2, -0.15) is 8.42 Å². The monoisotopic (exact) mass is 656 g/mol. The molecule has 16 nitrogen and oxygen atoms in total. The Morgan fingerprint density at radius 2 is 1.66 bits per heavy atom. The molecule has 0 unspecified atom stereocenters. The minimum absolute atomic E-state index is 0.0207. The van der Waals surface area contributed by atoms with Crippen LogP contribution in [0.2, 0.25) is 5.02 Å². The largest absolute Gasteiger partial charge is 0.493 e. The lowest BCUT2D eigenvalue weighted by atomic mass is 9.98. The van der Waals surface area contributed by atoms with E-state index < -0.39 is 48.9 Å². The molecule has 1 heterocycles. The average Bonchev–Trinajstić information content (AvgIpc) is 2.98. The van der Waals surface area contributed by atoms with Crippen molar-refractivity contribution in [2.45, 2.75) is 24.7 Å². The van der Waals surface area contributed by atoms with Crippen molar-refractivity contribution >= 4 is 51.6 Å². The van der Waals surface area contributed by atoms with Gasteiger partial charge in [-0.3, -0.25) is 10.1 Å². The number of nitrogens with zero attached hydrogens (tertiary/aromatic N) is 4. The van der Waals surface area contributed by atoms with Gasteiger partial charge in [0.1, 0.15) is 21.4 Å². The molecule has 2 aromatic carbocycles. The lowest BCUT2D eigenvalue weighted by molar-refractivity contribution is -0.384. The Balaban J connectivity index is 1.70. The number of rotatable bonds is 7. The highest BCUT2D eigenvalue weighted by Crippen LogP contribution is 2.33. The number of ether oxygens (including phenoxy) is 4. The van der Waals surface area contributed by atoms with Crippen LogP contribution in [0, 0.1) is 23.0 Å². The Labute approximate surface area is 257 Å². The molecule has 0 atom stereocenters. The van der Waals surface area contributed by atoms with E-state index in [2.05, 4.69) is 19.2 Å². The molecule has 1 fully saturated rings. The number of methoxy groups -OCH3 is 3. The normalized spacial score (nSPS) is 13.9. The summed E-state index contributed by atoms with van der Waals surface area (Å²) in [7, 11) is -1.33. The van der Waals surface area contributed by atoms with Crippen LogP contribution in [0.4, 0.5) is 20.1 Å². The number of aliphatic imine (C=N–C) groups is 1. The number of aryl methyl sites for hydroxylation is 1. The summed E-state index contributed by atoms with van der Waals surface area (Å²) < 4.78 is 50.8. The first-order chi connectivity index (χ1) is 20.8. The van der Waals surface area contributed by atoms with Gasteiger partial charge in [-0.15, -0.1) is 9.89 Å². The topological polar surface area (TPSA) is 193 Å². The van der Waals surface area contributed by atoms with Crippen LogP contribution in [0.25, 0.3) is 0 Å². The molecule has 3 amide bonds. The molecular formula is C26H29ClN4O12S. The van der Waals surface area contributed by atoms with Crippen LogP contribution >= 0.6 is 11.6 Å². The predicted octanol–water partition coefficient (Wildman–Crippen LogP) is 4.37. The van der Waals surface area contributed by atoms with Crippen molar-refractivity contribution in [3.05, 3.63) is 57.1 Å². The summed E-state index contributed by atoms with van der Waals surface area (Å²) >= 11 is 5.97. The van der Waals surface area contributed by atoms with E-state index >= 15 is 0 Å². The summed E-state index contributed by atoms with van der Waals surface area (Å²) in [4.78, 5) is 52.1. The summed E-state index contributed by atoms with van der Waals surface area (Å²) in [6, 6.07) is 7.83. The zero-order valence-electron chi connectivity index (χ0n) is 24.1. The summed E-state index contributed by atoms with van der Waals surface area (Å²) in [5.74, 6) is -0.127. The minimum Gasteiger partial charge on any atom is -0.493 e. The number of nitro benzene ring substituents is 1. The van der Waals surface area contributed by atoms with Crippen LogP contribution in [-0.2, 0) is 24.3 Å². The lowest BCUT2D eigenvalue weighted by Crippen LogP contribution is -2.53. The molecule has 0 aliphatic carbocycles. The molecule has 0 bridgehead atoms. The van der Waals surface area contributed by atoms with Crippen LogP contribution in [0.15, 0.2) is 46.3 Å². The number of likely N-dealkylation sites (tertiary alicyclic amines) is 1. The zero-order valence-corrected chi connectivity index (χ0v) is 25.6. The number of benzene rings is 2. The van der Waals surface area contributed by atoms with E-state index in [0.717, 1.165) is 33.5 Å². The van der Waals surface area contributed by atoms with Gasteiger partial charge in [0.2, 0.25) is 5.96 Å². The first-order valence-corrected chi connectivity index (χ1v) is 14.6. The van der Waals surface area contributed by atoms with Gasteiger partial charge in [-0.1, -0.05) is 17.7 Å². The average molecular weight is 657 g/mol. The molecule has 0 N–H and O–H groups in total. The van der Waals surface area contributed by atoms with E-state index in [4.69, 9.17) is 20.5 Å². The van der Waals surface area contributed by atoms with Crippen molar-refractivity contribution in [2.24, 2.45) is 10.9 Å². The third kappa shape index (κ3) is 8.25.